The van der Waals surface area contributed by atoms with Crippen LogP contribution in [-0.4, -0.2) is 16.7 Å². The van der Waals surface area contributed by atoms with E-state index in [0.717, 1.165) is 18.8 Å². The normalized spacial score (nSPS) is 10.4. The molecule has 94 valence electrons. The highest BCUT2D eigenvalue weighted by atomic mass is 35.5. The van der Waals surface area contributed by atoms with E-state index in [9.17, 15) is 0 Å². The largest absolute Gasteiger partial charge is 0.366 e. The van der Waals surface area contributed by atoms with Crippen LogP contribution in [0, 0.1) is 6.92 Å². The molecule has 0 bridgehead atoms. The van der Waals surface area contributed by atoms with E-state index in [4.69, 9.17) is 11.6 Å². The van der Waals surface area contributed by atoms with Crippen molar-refractivity contribution >= 4 is 17.3 Å². The molecule has 1 aromatic carbocycles. The SMILES string of the molecule is CCN(Cc1ccc(Cl)nn1)c1ccc(C)cc1. The molecule has 0 unspecified atom stereocenters. The van der Waals surface area contributed by atoms with Gasteiger partial charge in [0.1, 0.15) is 0 Å². The van der Waals surface area contributed by atoms with Crippen LogP contribution in [0.25, 0.3) is 0 Å². The number of aryl methyl sites for hydroxylation is 1. The van der Waals surface area contributed by atoms with Crippen molar-refractivity contribution < 1.29 is 0 Å². The fraction of sp³-hybridized carbons (Fsp3) is 0.286. The molecule has 1 aromatic heterocycles. The number of benzene rings is 1. The van der Waals surface area contributed by atoms with Crippen LogP contribution in [0.5, 0.6) is 0 Å². The third-order valence-electron chi connectivity index (χ3n) is 2.82. The molecule has 0 saturated heterocycles. The Morgan fingerprint density at radius 3 is 2.33 bits per heavy atom. The number of nitrogens with zero attached hydrogens (tertiary/aromatic N) is 3. The molecular weight excluding hydrogens is 246 g/mol. The first-order chi connectivity index (χ1) is 8.69. The molecule has 0 N–H and O–H groups in total. The third-order valence-corrected chi connectivity index (χ3v) is 3.02. The minimum Gasteiger partial charge on any atom is -0.366 e. The molecule has 4 heteroatoms. The summed E-state index contributed by atoms with van der Waals surface area (Å²) in [5, 5.41) is 8.38. The van der Waals surface area contributed by atoms with E-state index < -0.39 is 0 Å². The molecule has 0 spiro atoms. The second kappa shape index (κ2) is 5.83. The van der Waals surface area contributed by atoms with Crippen molar-refractivity contribution in [3.63, 3.8) is 0 Å². The number of halogens is 1. The Bertz CT molecular complexity index is 493. The van der Waals surface area contributed by atoms with Crippen molar-refractivity contribution in [1.29, 1.82) is 0 Å². The fourth-order valence-corrected chi connectivity index (χ4v) is 1.87. The second-order valence-corrected chi connectivity index (χ2v) is 4.58. The van der Waals surface area contributed by atoms with Crippen molar-refractivity contribution in [1.82, 2.24) is 10.2 Å². The van der Waals surface area contributed by atoms with E-state index in [-0.39, 0.29) is 0 Å². The zero-order valence-corrected chi connectivity index (χ0v) is 11.4. The Labute approximate surface area is 112 Å². The molecule has 1 heterocycles. The van der Waals surface area contributed by atoms with Gasteiger partial charge in [0.05, 0.1) is 12.2 Å². The first-order valence-electron chi connectivity index (χ1n) is 5.98. The quantitative estimate of drug-likeness (QED) is 0.844. The van der Waals surface area contributed by atoms with Gasteiger partial charge in [-0.05, 0) is 38.1 Å². The Morgan fingerprint density at radius 1 is 1.06 bits per heavy atom. The zero-order chi connectivity index (χ0) is 13.0. The lowest BCUT2D eigenvalue weighted by atomic mass is 10.2. The zero-order valence-electron chi connectivity index (χ0n) is 10.6. The van der Waals surface area contributed by atoms with Crippen molar-refractivity contribution in [3.8, 4) is 0 Å². The Hall–Kier alpha value is -1.61. The van der Waals surface area contributed by atoms with Crippen LogP contribution in [-0.2, 0) is 6.54 Å². The van der Waals surface area contributed by atoms with Gasteiger partial charge in [0, 0.05) is 12.2 Å². The molecule has 0 aliphatic rings. The van der Waals surface area contributed by atoms with Gasteiger partial charge in [-0.1, -0.05) is 29.3 Å². The lowest BCUT2D eigenvalue weighted by Crippen LogP contribution is -2.22. The van der Waals surface area contributed by atoms with Gasteiger partial charge in [0.25, 0.3) is 0 Å². The van der Waals surface area contributed by atoms with Crippen LogP contribution in [0.15, 0.2) is 36.4 Å². The second-order valence-electron chi connectivity index (χ2n) is 4.20. The topological polar surface area (TPSA) is 29.0 Å². The summed E-state index contributed by atoms with van der Waals surface area (Å²) >= 11 is 5.73. The Balaban J connectivity index is 2.14. The van der Waals surface area contributed by atoms with Crippen LogP contribution in [0.3, 0.4) is 0 Å². The van der Waals surface area contributed by atoms with Crippen LogP contribution in [0.2, 0.25) is 5.15 Å². The Morgan fingerprint density at radius 2 is 1.78 bits per heavy atom. The van der Waals surface area contributed by atoms with Crippen molar-refractivity contribution in [2.24, 2.45) is 0 Å². The number of anilines is 1. The molecule has 0 aliphatic carbocycles. The minimum absolute atomic E-state index is 0.428. The average molecular weight is 262 g/mol. The van der Waals surface area contributed by atoms with Crippen molar-refractivity contribution in [2.45, 2.75) is 20.4 Å². The highest BCUT2D eigenvalue weighted by Gasteiger charge is 2.06. The molecule has 3 nitrogen and oxygen atoms in total. The summed E-state index contributed by atoms with van der Waals surface area (Å²) < 4.78 is 0. The van der Waals surface area contributed by atoms with Gasteiger partial charge in [-0.15, -0.1) is 5.10 Å². The average Bonchev–Trinajstić information content (AvgIpc) is 2.39. The maximum Gasteiger partial charge on any atom is 0.151 e. The summed E-state index contributed by atoms with van der Waals surface area (Å²) in [6, 6.07) is 12.2. The molecule has 0 atom stereocenters. The van der Waals surface area contributed by atoms with E-state index in [2.05, 4.69) is 53.2 Å². The summed E-state index contributed by atoms with van der Waals surface area (Å²) in [7, 11) is 0. The van der Waals surface area contributed by atoms with E-state index in [0.29, 0.717) is 5.15 Å². The van der Waals surface area contributed by atoms with E-state index in [1.165, 1.54) is 11.3 Å². The molecule has 0 fully saturated rings. The molecular formula is C14H16ClN3. The van der Waals surface area contributed by atoms with E-state index >= 15 is 0 Å². The third kappa shape index (κ3) is 3.20. The lowest BCUT2D eigenvalue weighted by Gasteiger charge is -2.22. The highest BCUT2D eigenvalue weighted by Crippen LogP contribution is 2.17. The van der Waals surface area contributed by atoms with Gasteiger partial charge >= 0.3 is 0 Å². The summed E-state index contributed by atoms with van der Waals surface area (Å²) in [5.74, 6) is 0. The smallest absolute Gasteiger partial charge is 0.151 e. The fourth-order valence-electron chi connectivity index (χ4n) is 1.76. The standard InChI is InChI=1S/C14H16ClN3/c1-3-18(13-7-4-11(2)5-8-13)10-12-6-9-14(15)17-16-12/h4-9H,3,10H2,1-2H3. The van der Waals surface area contributed by atoms with Gasteiger partial charge < -0.3 is 4.90 Å². The molecule has 0 saturated carbocycles. The Kier molecular flexibility index (Phi) is 4.15. The van der Waals surface area contributed by atoms with Crippen LogP contribution >= 0.6 is 11.6 Å². The highest BCUT2D eigenvalue weighted by molar-refractivity contribution is 6.29. The predicted molar refractivity (Wildman–Crippen MR) is 74.9 cm³/mol. The maximum atomic E-state index is 5.73. The first kappa shape index (κ1) is 12.8. The monoisotopic (exact) mass is 261 g/mol. The van der Waals surface area contributed by atoms with Crippen LogP contribution < -0.4 is 4.90 Å². The summed E-state index contributed by atoms with van der Waals surface area (Å²) in [6.45, 7) is 5.88. The number of hydrogen-bond acceptors (Lipinski definition) is 3. The van der Waals surface area contributed by atoms with Crippen molar-refractivity contribution in [3.05, 3.63) is 52.8 Å². The maximum absolute atomic E-state index is 5.73. The minimum atomic E-state index is 0.428. The van der Waals surface area contributed by atoms with Crippen molar-refractivity contribution in [2.75, 3.05) is 11.4 Å². The summed E-state index contributed by atoms with van der Waals surface area (Å²) in [5.41, 5.74) is 3.38. The summed E-state index contributed by atoms with van der Waals surface area (Å²) in [4.78, 5) is 2.25. The van der Waals surface area contributed by atoms with Gasteiger partial charge in [0.2, 0.25) is 0 Å². The summed E-state index contributed by atoms with van der Waals surface area (Å²) in [6.07, 6.45) is 0. The van der Waals surface area contributed by atoms with E-state index in [1.54, 1.807) is 6.07 Å². The first-order valence-corrected chi connectivity index (χ1v) is 6.36. The molecule has 2 rings (SSSR count). The number of hydrogen-bond donors (Lipinski definition) is 0. The predicted octanol–water partition coefficient (Wildman–Crippen LogP) is 3.46. The molecule has 2 aromatic rings. The lowest BCUT2D eigenvalue weighted by molar-refractivity contribution is 0.787. The van der Waals surface area contributed by atoms with Crippen LogP contribution in [0.4, 0.5) is 5.69 Å². The van der Waals surface area contributed by atoms with Crippen LogP contribution in [0.1, 0.15) is 18.2 Å². The van der Waals surface area contributed by atoms with Gasteiger partial charge in [-0.2, -0.15) is 5.10 Å². The molecule has 0 amide bonds. The number of aromatic nitrogens is 2. The molecule has 18 heavy (non-hydrogen) atoms. The van der Waals surface area contributed by atoms with Gasteiger partial charge in [-0.3, -0.25) is 0 Å². The van der Waals surface area contributed by atoms with E-state index in [1.807, 2.05) is 6.07 Å². The molecule has 0 aliphatic heterocycles. The molecule has 0 radical (unpaired) electrons. The van der Waals surface area contributed by atoms with Gasteiger partial charge in [0.15, 0.2) is 5.15 Å². The van der Waals surface area contributed by atoms with Gasteiger partial charge in [-0.25, -0.2) is 0 Å². The number of rotatable bonds is 4.